The molecule has 9 heteroatoms. The Morgan fingerprint density at radius 2 is 2.04 bits per heavy atom. The number of fused-ring (bicyclic) bond motifs is 3. The zero-order valence-electron chi connectivity index (χ0n) is 13.5. The Hall–Kier alpha value is -2.52. The largest absolute Gasteiger partial charge is 0.506 e. The highest BCUT2D eigenvalue weighted by Gasteiger charge is 2.09. The van der Waals surface area contributed by atoms with Gasteiger partial charge in [-0.15, -0.1) is 10.2 Å². The van der Waals surface area contributed by atoms with Crippen LogP contribution in [0.25, 0.3) is 22.1 Å². The molecule has 0 saturated heterocycles. The van der Waals surface area contributed by atoms with E-state index in [1.807, 2.05) is 25.1 Å². The summed E-state index contributed by atoms with van der Waals surface area (Å²) in [6.07, 6.45) is 1.48. The number of nitrogens with zero attached hydrogens (tertiary/aromatic N) is 4. The van der Waals surface area contributed by atoms with E-state index in [0.29, 0.717) is 21.2 Å². The zero-order chi connectivity index (χ0) is 18.3. The number of rotatable bonds is 3. The minimum atomic E-state index is 0.0965. The third kappa shape index (κ3) is 3.15. The number of nitrogens with one attached hydrogen (secondary N) is 2. The van der Waals surface area contributed by atoms with Crippen molar-refractivity contribution in [3.63, 3.8) is 0 Å². The molecule has 0 bridgehead atoms. The third-order valence-electron chi connectivity index (χ3n) is 3.80. The highest BCUT2D eigenvalue weighted by atomic mass is 79.9. The molecule has 4 aromatic rings. The fourth-order valence-corrected chi connectivity index (χ4v) is 3.83. The van der Waals surface area contributed by atoms with E-state index in [0.717, 1.165) is 20.9 Å². The quantitative estimate of drug-likeness (QED) is 0.299. The smallest absolute Gasteiger partial charge is 0.265 e. The minimum Gasteiger partial charge on any atom is -0.506 e. The van der Waals surface area contributed by atoms with Crippen LogP contribution in [-0.4, -0.2) is 31.5 Å². The second-order valence-corrected chi connectivity index (χ2v) is 7.47. The number of aromatic hydroxyl groups is 1. The molecule has 7 nitrogen and oxygen atoms in total. The van der Waals surface area contributed by atoms with E-state index in [4.69, 9.17) is 0 Å². The number of phenolic OH excluding ortho intramolecular Hbond substituents is 1. The van der Waals surface area contributed by atoms with Crippen molar-refractivity contribution >= 4 is 66.1 Å². The normalized spacial score (nSPS) is 11.7. The fourth-order valence-electron chi connectivity index (χ4n) is 2.58. The molecular weight excluding hydrogens is 464 g/mol. The molecule has 0 radical (unpaired) electrons. The number of benzene rings is 2. The zero-order valence-corrected chi connectivity index (χ0v) is 16.6. The lowest BCUT2D eigenvalue weighted by atomic mass is 10.2. The Morgan fingerprint density at radius 3 is 2.88 bits per heavy atom. The van der Waals surface area contributed by atoms with Gasteiger partial charge in [0.25, 0.3) is 5.95 Å². The molecule has 26 heavy (non-hydrogen) atoms. The van der Waals surface area contributed by atoms with Gasteiger partial charge in [0.15, 0.2) is 5.65 Å². The number of H-pyrrole nitrogens is 1. The third-order valence-corrected chi connectivity index (χ3v) is 4.86. The van der Waals surface area contributed by atoms with Gasteiger partial charge in [-0.25, -0.2) is 5.43 Å². The number of phenols is 1. The average Bonchev–Trinajstić information content (AvgIpc) is 2.96. The summed E-state index contributed by atoms with van der Waals surface area (Å²) in [5.41, 5.74) is 6.71. The van der Waals surface area contributed by atoms with Crippen LogP contribution < -0.4 is 5.43 Å². The Kier molecular flexibility index (Phi) is 4.33. The van der Waals surface area contributed by atoms with Gasteiger partial charge in [-0.2, -0.15) is 10.1 Å². The molecule has 2 aromatic heterocycles. The summed E-state index contributed by atoms with van der Waals surface area (Å²) in [5.74, 6) is 0.352. The van der Waals surface area contributed by atoms with Crippen molar-refractivity contribution < 1.29 is 5.11 Å². The van der Waals surface area contributed by atoms with E-state index in [-0.39, 0.29) is 11.7 Å². The molecule has 2 aromatic carbocycles. The van der Waals surface area contributed by atoms with Crippen LogP contribution in [0.4, 0.5) is 5.95 Å². The molecule has 2 heterocycles. The highest BCUT2D eigenvalue weighted by Crippen LogP contribution is 2.30. The molecule has 0 aliphatic rings. The first kappa shape index (κ1) is 16.9. The molecule has 0 fully saturated rings. The lowest BCUT2D eigenvalue weighted by Crippen LogP contribution is -1.99. The van der Waals surface area contributed by atoms with Crippen LogP contribution in [0.2, 0.25) is 0 Å². The number of aromatic amines is 1. The maximum absolute atomic E-state index is 10.0. The van der Waals surface area contributed by atoms with Gasteiger partial charge in [0, 0.05) is 20.9 Å². The van der Waals surface area contributed by atoms with Gasteiger partial charge in [-0.3, -0.25) is 0 Å². The van der Waals surface area contributed by atoms with Crippen molar-refractivity contribution in [1.29, 1.82) is 0 Å². The predicted molar refractivity (Wildman–Crippen MR) is 109 cm³/mol. The van der Waals surface area contributed by atoms with E-state index in [1.165, 1.54) is 6.21 Å². The monoisotopic (exact) mass is 474 g/mol. The summed E-state index contributed by atoms with van der Waals surface area (Å²) < 4.78 is 1.39. The van der Waals surface area contributed by atoms with Gasteiger partial charge in [-0.1, -0.05) is 27.6 Å². The standard InChI is InChI=1S/C17H12Br2N6O/c1-8-2-3-13-11(4-8)14-16(21-13)22-17(25-23-14)24-20-7-9-5-10(18)6-12(19)15(9)26/h2-7,26H,1H3,(H2,21,22,24,25)/b20-7-. The van der Waals surface area contributed by atoms with Crippen molar-refractivity contribution in [2.75, 3.05) is 5.43 Å². The summed E-state index contributed by atoms with van der Waals surface area (Å²) >= 11 is 6.65. The van der Waals surface area contributed by atoms with Gasteiger partial charge < -0.3 is 10.1 Å². The first-order valence-corrected chi connectivity index (χ1v) is 9.20. The number of hydrogen-bond acceptors (Lipinski definition) is 6. The van der Waals surface area contributed by atoms with E-state index >= 15 is 0 Å². The molecule has 0 aliphatic heterocycles. The van der Waals surface area contributed by atoms with Crippen LogP contribution in [0.15, 0.2) is 44.4 Å². The topological polar surface area (TPSA) is 99.1 Å². The molecule has 4 rings (SSSR count). The molecule has 0 saturated carbocycles. The molecule has 0 unspecified atom stereocenters. The number of hydrazone groups is 1. The summed E-state index contributed by atoms with van der Waals surface area (Å²) in [7, 11) is 0. The lowest BCUT2D eigenvalue weighted by molar-refractivity contribution is 0.471. The number of halogens is 2. The number of anilines is 1. The fraction of sp³-hybridized carbons (Fsp3) is 0.0588. The maximum atomic E-state index is 10.0. The Morgan fingerprint density at radius 1 is 1.19 bits per heavy atom. The lowest BCUT2D eigenvalue weighted by Gasteiger charge is -2.03. The number of aromatic nitrogens is 4. The van der Waals surface area contributed by atoms with Crippen LogP contribution in [0, 0.1) is 6.92 Å². The molecule has 0 aliphatic carbocycles. The predicted octanol–water partition coefficient (Wildman–Crippen LogP) is 4.49. The SMILES string of the molecule is Cc1ccc2[nH]c3nc(N/N=C\c4cc(Br)cc(Br)c4O)nnc3c2c1. The molecular formula is C17H12Br2N6O. The Bertz CT molecular complexity index is 1170. The van der Waals surface area contributed by atoms with Crippen LogP contribution in [0.1, 0.15) is 11.1 Å². The maximum Gasteiger partial charge on any atom is 0.265 e. The van der Waals surface area contributed by atoms with Crippen molar-refractivity contribution in [3.05, 3.63) is 50.4 Å². The average molecular weight is 476 g/mol. The van der Waals surface area contributed by atoms with Crippen LogP contribution in [-0.2, 0) is 0 Å². The second kappa shape index (κ2) is 6.65. The van der Waals surface area contributed by atoms with E-state index in [1.54, 1.807) is 12.1 Å². The number of hydrogen-bond donors (Lipinski definition) is 3. The van der Waals surface area contributed by atoms with Crippen molar-refractivity contribution in [1.82, 2.24) is 20.2 Å². The summed E-state index contributed by atoms with van der Waals surface area (Å²) in [5, 5.41) is 23.4. The second-order valence-electron chi connectivity index (χ2n) is 5.70. The van der Waals surface area contributed by atoms with Gasteiger partial charge in [0.2, 0.25) is 0 Å². The highest BCUT2D eigenvalue weighted by molar-refractivity contribution is 9.11. The van der Waals surface area contributed by atoms with Crippen molar-refractivity contribution in [2.45, 2.75) is 6.92 Å². The van der Waals surface area contributed by atoms with Gasteiger partial charge in [0.1, 0.15) is 11.3 Å². The first-order valence-electron chi connectivity index (χ1n) is 7.61. The summed E-state index contributed by atoms with van der Waals surface area (Å²) in [6.45, 7) is 2.03. The minimum absolute atomic E-state index is 0.0965. The van der Waals surface area contributed by atoms with Crippen LogP contribution in [0.5, 0.6) is 5.75 Å². The molecule has 0 amide bonds. The van der Waals surface area contributed by atoms with Crippen LogP contribution >= 0.6 is 31.9 Å². The van der Waals surface area contributed by atoms with E-state index in [2.05, 4.69) is 62.6 Å². The van der Waals surface area contributed by atoms with E-state index in [9.17, 15) is 5.11 Å². The van der Waals surface area contributed by atoms with E-state index < -0.39 is 0 Å². The number of aryl methyl sites for hydroxylation is 1. The Balaban J connectivity index is 1.63. The molecule has 0 spiro atoms. The van der Waals surface area contributed by atoms with Gasteiger partial charge in [-0.05, 0) is 47.1 Å². The molecule has 3 N–H and O–H groups in total. The molecule has 0 atom stereocenters. The van der Waals surface area contributed by atoms with Gasteiger partial charge >= 0.3 is 0 Å². The summed E-state index contributed by atoms with van der Waals surface area (Å²) in [4.78, 5) is 7.62. The van der Waals surface area contributed by atoms with Gasteiger partial charge in [0.05, 0.1) is 10.7 Å². The first-order chi connectivity index (χ1) is 12.5. The van der Waals surface area contributed by atoms with Crippen molar-refractivity contribution in [2.24, 2.45) is 5.10 Å². The molecule has 130 valence electrons. The summed E-state index contributed by atoms with van der Waals surface area (Å²) in [6, 6.07) is 9.56. The Labute approximate surface area is 164 Å². The van der Waals surface area contributed by atoms with Crippen molar-refractivity contribution in [3.8, 4) is 5.75 Å². The van der Waals surface area contributed by atoms with Crippen LogP contribution in [0.3, 0.4) is 0 Å².